The molecular weight excluding hydrogens is 358 g/mol. The van der Waals surface area contributed by atoms with E-state index in [9.17, 15) is 13.2 Å². The number of urea groups is 1. The van der Waals surface area contributed by atoms with Gasteiger partial charge in [0.1, 0.15) is 0 Å². The van der Waals surface area contributed by atoms with Crippen LogP contribution in [0.4, 0.5) is 9.93 Å². The normalized spacial score (nSPS) is 13.1. The quantitative estimate of drug-likeness (QED) is 0.712. The van der Waals surface area contributed by atoms with Gasteiger partial charge in [-0.3, -0.25) is 9.87 Å². The predicted octanol–water partition coefficient (Wildman–Crippen LogP) is 2.43. The van der Waals surface area contributed by atoms with Crippen LogP contribution >= 0.6 is 23.1 Å². The Morgan fingerprint density at radius 2 is 2.13 bits per heavy atom. The zero-order chi connectivity index (χ0) is 16.4. The number of hydrogen-bond donors (Lipinski definition) is 3. The van der Waals surface area contributed by atoms with E-state index in [0.29, 0.717) is 5.13 Å². The number of nitrogens with zero attached hydrogens (tertiary/aromatic N) is 1. The Labute approximate surface area is 141 Å². The summed E-state index contributed by atoms with van der Waals surface area (Å²) in [6.45, 7) is -0.172. The van der Waals surface area contributed by atoms with Crippen molar-refractivity contribution in [1.82, 2.24) is 10.3 Å². The molecule has 1 aromatic heterocycles. The highest BCUT2D eigenvalue weighted by Crippen LogP contribution is 2.44. The molecule has 0 saturated carbocycles. The SMILES string of the molecule is O=C(NCCS(=O)(=O)O)Nc1nc2c(s1)CSc1ccccc1-2. The Hall–Kier alpha value is -1.62. The summed E-state index contributed by atoms with van der Waals surface area (Å²) >= 11 is 3.12. The van der Waals surface area contributed by atoms with Crippen molar-refractivity contribution in [3.63, 3.8) is 0 Å². The Morgan fingerprint density at radius 1 is 1.35 bits per heavy atom. The van der Waals surface area contributed by atoms with Crippen LogP contribution in [0.5, 0.6) is 0 Å². The van der Waals surface area contributed by atoms with Gasteiger partial charge < -0.3 is 5.32 Å². The number of rotatable bonds is 4. The van der Waals surface area contributed by atoms with Crippen molar-refractivity contribution in [3.8, 4) is 11.3 Å². The fourth-order valence-electron chi connectivity index (χ4n) is 2.08. The number of carbonyl (C=O) groups is 1. The molecule has 7 nitrogen and oxygen atoms in total. The van der Waals surface area contributed by atoms with Gasteiger partial charge in [-0.15, -0.1) is 23.1 Å². The summed E-state index contributed by atoms with van der Waals surface area (Å²) in [5.41, 5.74) is 1.92. The first-order valence-corrected chi connectivity index (χ1v) is 10.1. The third-order valence-electron chi connectivity index (χ3n) is 3.06. The van der Waals surface area contributed by atoms with Crippen LogP contribution < -0.4 is 10.6 Å². The molecule has 0 fully saturated rings. The molecule has 3 N–H and O–H groups in total. The number of amides is 2. The van der Waals surface area contributed by atoms with Gasteiger partial charge >= 0.3 is 6.03 Å². The fourth-order valence-corrected chi connectivity index (χ4v) is 4.54. The van der Waals surface area contributed by atoms with Crippen LogP contribution in [0, 0.1) is 0 Å². The number of benzene rings is 1. The van der Waals surface area contributed by atoms with Crippen molar-refractivity contribution < 1.29 is 17.8 Å². The Bertz CT molecular complexity index is 848. The molecule has 2 amide bonds. The van der Waals surface area contributed by atoms with E-state index in [-0.39, 0.29) is 6.54 Å². The number of hydrogen-bond acceptors (Lipinski definition) is 6. The fraction of sp³-hybridized carbons (Fsp3) is 0.231. The Morgan fingerprint density at radius 3 is 2.91 bits per heavy atom. The molecule has 2 heterocycles. The number of fused-ring (bicyclic) bond motifs is 3. The summed E-state index contributed by atoms with van der Waals surface area (Å²) in [6.07, 6.45) is 0. The van der Waals surface area contributed by atoms with Gasteiger partial charge in [0.05, 0.1) is 11.4 Å². The maximum atomic E-state index is 11.7. The Balaban J connectivity index is 1.67. The summed E-state index contributed by atoms with van der Waals surface area (Å²) in [5.74, 6) is 0.273. The molecule has 0 radical (unpaired) electrons. The lowest BCUT2D eigenvalue weighted by Crippen LogP contribution is -2.32. The minimum Gasteiger partial charge on any atom is -0.337 e. The van der Waals surface area contributed by atoms with Gasteiger partial charge in [0.2, 0.25) is 0 Å². The van der Waals surface area contributed by atoms with Gasteiger partial charge in [-0.1, -0.05) is 18.2 Å². The molecule has 0 unspecified atom stereocenters. The summed E-state index contributed by atoms with van der Waals surface area (Å²) in [6, 6.07) is 7.40. The van der Waals surface area contributed by atoms with E-state index in [4.69, 9.17) is 4.55 Å². The van der Waals surface area contributed by atoms with Crippen molar-refractivity contribution in [2.24, 2.45) is 0 Å². The minimum absolute atomic E-state index is 0.172. The van der Waals surface area contributed by atoms with Crippen LogP contribution in [-0.4, -0.2) is 36.3 Å². The number of aromatic nitrogens is 1. The number of anilines is 1. The molecule has 0 spiro atoms. The first-order valence-electron chi connectivity index (χ1n) is 6.64. The molecule has 1 aliphatic rings. The highest BCUT2D eigenvalue weighted by Gasteiger charge is 2.21. The van der Waals surface area contributed by atoms with Crippen LogP contribution in [0.3, 0.4) is 0 Å². The minimum atomic E-state index is -4.09. The molecule has 1 aliphatic heterocycles. The summed E-state index contributed by atoms with van der Waals surface area (Å²) in [4.78, 5) is 18.4. The lowest BCUT2D eigenvalue weighted by atomic mass is 10.1. The van der Waals surface area contributed by atoms with Crippen LogP contribution in [0.2, 0.25) is 0 Å². The van der Waals surface area contributed by atoms with Crippen molar-refractivity contribution in [1.29, 1.82) is 0 Å². The van der Waals surface area contributed by atoms with E-state index in [1.165, 1.54) is 11.3 Å². The zero-order valence-electron chi connectivity index (χ0n) is 11.8. The number of thiazole rings is 1. The van der Waals surface area contributed by atoms with Crippen LogP contribution in [0.25, 0.3) is 11.3 Å². The van der Waals surface area contributed by atoms with E-state index in [1.54, 1.807) is 11.8 Å². The van der Waals surface area contributed by atoms with Gasteiger partial charge in [-0.05, 0) is 6.07 Å². The van der Waals surface area contributed by atoms with Crippen LogP contribution in [-0.2, 0) is 15.9 Å². The second-order valence-electron chi connectivity index (χ2n) is 4.74. The highest BCUT2D eigenvalue weighted by molar-refractivity contribution is 7.98. The lowest BCUT2D eigenvalue weighted by molar-refractivity contribution is 0.252. The van der Waals surface area contributed by atoms with Crippen molar-refractivity contribution in [2.45, 2.75) is 10.6 Å². The van der Waals surface area contributed by atoms with Gasteiger partial charge in [-0.25, -0.2) is 9.78 Å². The van der Waals surface area contributed by atoms with Gasteiger partial charge in [-0.2, -0.15) is 8.42 Å². The molecule has 0 aliphatic carbocycles. The predicted molar refractivity (Wildman–Crippen MR) is 90.5 cm³/mol. The van der Waals surface area contributed by atoms with Crippen molar-refractivity contribution >= 4 is 44.4 Å². The standard InChI is InChI=1S/C13H13N3O4S3/c17-12(14-5-6-23(18,19)20)16-13-15-11-8-3-1-2-4-9(8)21-7-10(11)22-13/h1-4H,5-7H2,(H,18,19,20)(H2,14,15,16,17). The third kappa shape index (κ3) is 4.02. The molecule has 2 aromatic rings. The average molecular weight is 371 g/mol. The van der Waals surface area contributed by atoms with Crippen molar-refractivity contribution in [3.05, 3.63) is 29.1 Å². The largest absolute Gasteiger partial charge is 0.337 e. The molecule has 0 bridgehead atoms. The molecule has 23 heavy (non-hydrogen) atoms. The second kappa shape index (κ2) is 6.48. The smallest absolute Gasteiger partial charge is 0.321 e. The maximum Gasteiger partial charge on any atom is 0.321 e. The number of carbonyl (C=O) groups excluding carboxylic acids is 1. The van der Waals surface area contributed by atoms with Crippen LogP contribution in [0.15, 0.2) is 29.2 Å². The first kappa shape index (κ1) is 16.2. The van der Waals surface area contributed by atoms with Crippen LogP contribution in [0.1, 0.15) is 4.88 Å². The summed E-state index contributed by atoms with van der Waals surface area (Å²) in [5, 5.41) is 5.40. The van der Waals surface area contributed by atoms with E-state index in [0.717, 1.165) is 26.8 Å². The summed E-state index contributed by atoms with van der Waals surface area (Å²) < 4.78 is 29.8. The molecule has 10 heteroatoms. The zero-order valence-corrected chi connectivity index (χ0v) is 14.2. The summed E-state index contributed by atoms with van der Waals surface area (Å²) in [7, 11) is -4.09. The van der Waals surface area contributed by atoms with E-state index < -0.39 is 21.9 Å². The molecular formula is C13H13N3O4S3. The third-order valence-corrected chi connectivity index (χ3v) is 6.04. The maximum absolute atomic E-state index is 11.7. The topological polar surface area (TPSA) is 108 Å². The van der Waals surface area contributed by atoms with Crippen molar-refractivity contribution in [2.75, 3.05) is 17.6 Å². The first-order chi connectivity index (χ1) is 10.9. The molecule has 3 rings (SSSR count). The number of thioether (sulfide) groups is 1. The Kier molecular flexibility index (Phi) is 4.57. The second-order valence-corrected chi connectivity index (χ2v) is 8.42. The van der Waals surface area contributed by atoms with E-state index in [2.05, 4.69) is 15.6 Å². The van der Waals surface area contributed by atoms with E-state index in [1.807, 2.05) is 24.3 Å². The van der Waals surface area contributed by atoms with Gasteiger partial charge in [0.15, 0.2) is 5.13 Å². The highest BCUT2D eigenvalue weighted by atomic mass is 32.2. The monoisotopic (exact) mass is 371 g/mol. The molecule has 0 saturated heterocycles. The average Bonchev–Trinajstić information content (AvgIpc) is 2.88. The number of nitrogens with one attached hydrogen (secondary N) is 2. The lowest BCUT2D eigenvalue weighted by Gasteiger charge is -2.13. The molecule has 1 aromatic carbocycles. The van der Waals surface area contributed by atoms with Gasteiger partial charge in [0.25, 0.3) is 10.1 Å². The molecule has 122 valence electrons. The molecule has 0 atom stereocenters. The van der Waals surface area contributed by atoms with Gasteiger partial charge in [0, 0.05) is 27.6 Å². The van der Waals surface area contributed by atoms with E-state index >= 15 is 0 Å².